The summed E-state index contributed by atoms with van der Waals surface area (Å²) in [5, 5.41) is 0. The lowest BCUT2D eigenvalue weighted by Gasteiger charge is -2.15. The molecule has 0 unspecified atom stereocenters. The molecule has 0 saturated carbocycles. The first-order valence-electron chi connectivity index (χ1n) is 4.78. The lowest BCUT2D eigenvalue weighted by Crippen LogP contribution is -2.11. The monoisotopic (exact) mass is 233 g/mol. The van der Waals surface area contributed by atoms with E-state index in [0.717, 1.165) is 18.4 Å². The van der Waals surface area contributed by atoms with Gasteiger partial charge in [0, 0.05) is 11.6 Å². The van der Waals surface area contributed by atoms with Crippen molar-refractivity contribution in [2.45, 2.75) is 25.8 Å². The van der Waals surface area contributed by atoms with Crippen molar-refractivity contribution in [3.05, 3.63) is 29.6 Å². The summed E-state index contributed by atoms with van der Waals surface area (Å²) in [7, 11) is 1.46. The van der Waals surface area contributed by atoms with E-state index in [1.165, 1.54) is 13.2 Å². The van der Waals surface area contributed by atoms with Crippen LogP contribution >= 0.6 is 12.4 Å². The summed E-state index contributed by atoms with van der Waals surface area (Å²) in [6.07, 6.45) is 1.81. The third-order valence-corrected chi connectivity index (χ3v) is 2.20. The molecule has 15 heavy (non-hydrogen) atoms. The predicted octanol–water partition coefficient (Wildman–Crippen LogP) is 3.06. The molecular formula is C11H17ClFNO. The van der Waals surface area contributed by atoms with Gasteiger partial charge in [0.25, 0.3) is 0 Å². The van der Waals surface area contributed by atoms with Crippen LogP contribution in [-0.2, 0) is 0 Å². The van der Waals surface area contributed by atoms with E-state index >= 15 is 0 Å². The van der Waals surface area contributed by atoms with Gasteiger partial charge < -0.3 is 10.5 Å². The minimum atomic E-state index is -0.350. The van der Waals surface area contributed by atoms with Crippen molar-refractivity contribution in [1.29, 1.82) is 0 Å². The van der Waals surface area contributed by atoms with Gasteiger partial charge in [-0.1, -0.05) is 25.5 Å². The number of benzene rings is 1. The Morgan fingerprint density at radius 3 is 2.67 bits per heavy atom. The topological polar surface area (TPSA) is 35.2 Å². The first kappa shape index (κ1) is 14.2. The molecule has 86 valence electrons. The van der Waals surface area contributed by atoms with Gasteiger partial charge in [-0.2, -0.15) is 0 Å². The normalized spacial score (nSPS) is 11.7. The molecule has 0 heterocycles. The maximum Gasteiger partial charge on any atom is 0.165 e. The summed E-state index contributed by atoms with van der Waals surface area (Å²) in [5.74, 6) is -0.0787. The Hall–Kier alpha value is -0.800. The van der Waals surface area contributed by atoms with E-state index < -0.39 is 0 Å². The fourth-order valence-electron chi connectivity index (χ4n) is 1.50. The van der Waals surface area contributed by atoms with Crippen LogP contribution in [0.1, 0.15) is 31.4 Å². The third-order valence-electron chi connectivity index (χ3n) is 2.20. The molecule has 1 rings (SSSR count). The van der Waals surface area contributed by atoms with E-state index in [1.807, 2.05) is 13.0 Å². The van der Waals surface area contributed by atoms with Gasteiger partial charge in [-0.05, 0) is 12.5 Å². The molecule has 2 nitrogen and oxygen atoms in total. The van der Waals surface area contributed by atoms with E-state index in [-0.39, 0.29) is 30.0 Å². The molecule has 0 spiro atoms. The van der Waals surface area contributed by atoms with Crippen LogP contribution in [0.3, 0.4) is 0 Å². The SMILES string of the molecule is CCC[C@H](N)c1cccc(F)c1OC.Cl. The summed E-state index contributed by atoms with van der Waals surface area (Å²) in [6.45, 7) is 2.05. The van der Waals surface area contributed by atoms with E-state index in [1.54, 1.807) is 6.07 Å². The van der Waals surface area contributed by atoms with Crippen LogP contribution in [-0.4, -0.2) is 7.11 Å². The highest BCUT2D eigenvalue weighted by Crippen LogP contribution is 2.28. The van der Waals surface area contributed by atoms with E-state index in [9.17, 15) is 4.39 Å². The maximum absolute atomic E-state index is 13.3. The van der Waals surface area contributed by atoms with Crippen LogP contribution in [0.5, 0.6) is 5.75 Å². The highest BCUT2D eigenvalue weighted by Gasteiger charge is 2.14. The molecule has 2 N–H and O–H groups in total. The zero-order valence-electron chi connectivity index (χ0n) is 9.00. The number of methoxy groups -OCH3 is 1. The molecule has 1 aromatic carbocycles. The summed E-state index contributed by atoms with van der Waals surface area (Å²) in [5.41, 5.74) is 6.65. The number of halogens is 2. The minimum Gasteiger partial charge on any atom is -0.493 e. The van der Waals surface area contributed by atoms with Crippen molar-refractivity contribution in [1.82, 2.24) is 0 Å². The Balaban J connectivity index is 0.00000196. The summed E-state index contributed by atoms with van der Waals surface area (Å²) < 4.78 is 18.3. The maximum atomic E-state index is 13.3. The van der Waals surface area contributed by atoms with Crippen molar-refractivity contribution in [2.24, 2.45) is 5.73 Å². The quantitative estimate of drug-likeness (QED) is 0.868. The molecule has 0 amide bonds. The van der Waals surface area contributed by atoms with Gasteiger partial charge in [-0.3, -0.25) is 0 Å². The van der Waals surface area contributed by atoms with Crippen LogP contribution in [0, 0.1) is 5.82 Å². The second-order valence-corrected chi connectivity index (χ2v) is 3.26. The Morgan fingerprint density at radius 2 is 2.13 bits per heavy atom. The van der Waals surface area contributed by atoms with Gasteiger partial charge in [0.1, 0.15) is 0 Å². The standard InChI is InChI=1S/C11H16FNO.ClH/c1-3-5-10(13)8-6-4-7-9(12)11(8)14-2;/h4,6-7,10H,3,5,13H2,1-2H3;1H/t10-;/m0./s1. The first-order chi connectivity index (χ1) is 6.70. The molecule has 0 aliphatic heterocycles. The molecule has 0 radical (unpaired) electrons. The van der Waals surface area contributed by atoms with Crippen molar-refractivity contribution < 1.29 is 9.13 Å². The summed E-state index contributed by atoms with van der Waals surface area (Å²) in [6, 6.07) is 4.69. The van der Waals surface area contributed by atoms with Crippen molar-refractivity contribution in [3.63, 3.8) is 0 Å². The highest BCUT2D eigenvalue weighted by molar-refractivity contribution is 5.85. The van der Waals surface area contributed by atoms with Crippen LogP contribution in [0.25, 0.3) is 0 Å². The van der Waals surface area contributed by atoms with Gasteiger partial charge in [-0.15, -0.1) is 12.4 Å². The minimum absolute atomic E-state index is 0. The van der Waals surface area contributed by atoms with Crippen molar-refractivity contribution in [2.75, 3.05) is 7.11 Å². The Kier molecular flexibility index (Phi) is 6.29. The molecule has 1 atom stereocenters. The number of para-hydroxylation sites is 1. The zero-order chi connectivity index (χ0) is 10.6. The van der Waals surface area contributed by atoms with Crippen LogP contribution in [0.2, 0.25) is 0 Å². The fourth-order valence-corrected chi connectivity index (χ4v) is 1.50. The lowest BCUT2D eigenvalue weighted by molar-refractivity contribution is 0.376. The molecule has 0 fully saturated rings. The second-order valence-electron chi connectivity index (χ2n) is 3.26. The van der Waals surface area contributed by atoms with Crippen molar-refractivity contribution in [3.8, 4) is 5.75 Å². The molecule has 0 bridgehead atoms. The van der Waals surface area contributed by atoms with Crippen LogP contribution < -0.4 is 10.5 Å². The van der Waals surface area contributed by atoms with E-state index in [0.29, 0.717) is 0 Å². The molecule has 1 aromatic rings. The average Bonchev–Trinajstić information content (AvgIpc) is 2.17. The first-order valence-corrected chi connectivity index (χ1v) is 4.78. The smallest absolute Gasteiger partial charge is 0.165 e. The molecule has 0 aliphatic carbocycles. The Morgan fingerprint density at radius 1 is 1.47 bits per heavy atom. The molecule has 4 heteroatoms. The average molecular weight is 234 g/mol. The molecular weight excluding hydrogens is 217 g/mol. The molecule has 0 aliphatic rings. The molecule has 0 aromatic heterocycles. The predicted molar refractivity (Wildman–Crippen MR) is 62.0 cm³/mol. The highest BCUT2D eigenvalue weighted by atomic mass is 35.5. The van der Waals surface area contributed by atoms with Crippen LogP contribution in [0.4, 0.5) is 4.39 Å². The van der Waals surface area contributed by atoms with E-state index in [2.05, 4.69) is 0 Å². The summed E-state index contributed by atoms with van der Waals surface area (Å²) >= 11 is 0. The molecule has 0 saturated heterocycles. The number of nitrogens with two attached hydrogens (primary N) is 1. The van der Waals surface area contributed by atoms with Crippen molar-refractivity contribution >= 4 is 12.4 Å². The number of rotatable bonds is 4. The lowest BCUT2D eigenvalue weighted by atomic mass is 10.0. The Bertz CT molecular complexity index is 307. The van der Waals surface area contributed by atoms with Gasteiger partial charge in [0.15, 0.2) is 11.6 Å². The fraction of sp³-hybridized carbons (Fsp3) is 0.455. The number of hydrogen-bond acceptors (Lipinski definition) is 2. The van der Waals surface area contributed by atoms with Gasteiger partial charge >= 0.3 is 0 Å². The Labute approximate surface area is 96.0 Å². The summed E-state index contributed by atoms with van der Waals surface area (Å²) in [4.78, 5) is 0. The van der Waals surface area contributed by atoms with Crippen LogP contribution in [0.15, 0.2) is 18.2 Å². The van der Waals surface area contributed by atoms with E-state index in [4.69, 9.17) is 10.5 Å². The van der Waals surface area contributed by atoms with Gasteiger partial charge in [-0.25, -0.2) is 4.39 Å². The van der Waals surface area contributed by atoms with Gasteiger partial charge in [0.2, 0.25) is 0 Å². The number of hydrogen-bond donors (Lipinski definition) is 1. The van der Waals surface area contributed by atoms with Gasteiger partial charge in [0.05, 0.1) is 7.11 Å². The largest absolute Gasteiger partial charge is 0.493 e. The third kappa shape index (κ3) is 3.36. The second kappa shape index (κ2) is 6.64. The number of ether oxygens (including phenoxy) is 1. The zero-order valence-corrected chi connectivity index (χ0v) is 9.81.